The first-order valence-corrected chi connectivity index (χ1v) is 7.66. The van der Waals surface area contributed by atoms with E-state index >= 15 is 0 Å². The number of carbonyl (C=O) groups is 1. The smallest absolute Gasteiger partial charge is 0.309 e. The van der Waals surface area contributed by atoms with Crippen LogP contribution in [0.1, 0.15) is 12.5 Å². The first-order valence-electron chi connectivity index (χ1n) is 5.84. The van der Waals surface area contributed by atoms with Crippen LogP contribution in [0.15, 0.2) is 30.3 Å². The summed E-state index contributed by atoms with van der Waals surface area (Å²) in [6, 6.07) is 9.28. The number of hydrogen-bond donors (Lipinski definition) is 0. The van der Waals surface area contributed by atoms with Crippen LogP contribution in [-0.2, 0) is 30.7 Å². The van der Waals surface area contributed by atoms with Crippen molar-refractivity contribution in [1.82, 2.24) is 0 Å². The van der Waals surface area contributed by atoms with Gasteiger partial charge in [-0.05, 0) is 5.56 Å². The number of hydrogen-bond acceptors (Lipinski definition) is 5. The first kappa shape index (κ1) is 15.7. The fraction of sp³-hybridized carbons (Fsp3) is 0.462. The van der Waals surface area contributed by atoms with E-state index in [0.29, 0.717) is 0 Å². The van der Waals surface area contributed by atoms with E-state index in [0.717, 1.165) is 5.56 Å². The van der Waals surface area contributed by atoms with Gasteiger partial charge < -0.3 is 9.47 Å². The maximum Gasteiger partial charge on any atom is 0.309 e. The molecule has 0 aliphatic carbocycles. The molecule has 0 N–H and O–H groups in total. The molecule has 0 saturated carbocycles. The predicted octanol–water partition coefficient (Wildman–Crippen LogP) is 1.38. The summed E-state index contributed by atoms with van der Waals surface area (Å²) in [5.41, 5.74) is 0.902. The molecule has 0 spiro atoms. The number of rotatable bonds is 7. The molecule has 0 radical (unpaired) electrons. The largest absolute Gasteiger partial charge is 0.469 e. The zero-order valence-corrected chi connectivity index (χ0v) is 11.9. The summed E-state index contributed by atoms with van der Waals surface area (Å²) in [5.74, 6) is -1.89. The lowest BCUT2D eigenvalue weighted by Crippen LogP contribution is -2.25. The topological polar surface area (TPSA) is 69.7 Å². The van der Waals surface area contributed by atoms with Crippen LogP contribution >= 0.6 is 0 Å². The zero-order chi connectivity index (χ0) is 14.3. The Morgan fingerprint density at radius 1 is 1.26 bits per heavy atom. The van der Waals surface area contributed by atoms with Crippen LogP contribution in [0.5, 0.6) is 0 Å². The molecular formula is C13H18O5S. The van der Waals surface area contributed by atoms with E-state index in [1.807, 2.05) is 30.3 Å². The molecule has 1 aromatic rings. The Bertz CT molecular complexity index is 495. The van der Waals surface area contributed by atoms with Gasteiger partial charge in [0.15, 0.2) is 9.84 Å². The second-order valence-corrected chi connectivity index (χ2v) is 6.34. The maximum atomic E-state index is 11.7. The Hall–Kier alpha value is -1.40. The van der Waals surface area contributed by atoms with Crippen molar-refractivity contribution in [3.05, 3.63) is 35.9 Å². The molecular weight excluding hydrogens is 268 g/mol. The van der Waals surface area contributed by atoms with Crippen LogP contribution < -0.4 is 0 Å². The molecule has 0 aliphatic rings. The van der Waals surface area contributed by atoms with E-state index in [2.05, 4.69) is 4.74 Å². The van der Waals surface area contributed by atoms with Gasteiger partial charge in [-0.15, -0.1) is 0 Å². The van der Waals surface area contributed by atoms with Crippen LogP contribution in [0.25, 0.3) is 0 Å². The number of ether oxygens (including phenoxy) is 2. The van der Waals surface area contributed by atoms with Crippen molar-refractivity contribution in [2.45, 2.75) is 13.5 Å². The molecule has 0 amide bonds. The fourth-order valence-electron chi connectivity index (χ4n) is 1.56. The third-order valence-electron chi connectivity index (χ3n) is 2.48. The molecule has 19 heavy (non-hydrogen) atoms. The molecule has 0 aliphatic heterocycles. The minimum atomic E-state index is -3.43. The molecule has 6 heteroatoms. The molecule has 1 rings (SSSR count). The monoisotopic (exact) mass is 286 g/mol. The van der Waals surface area contributed by atoms with E-state index in [9.17, 15) is 13.2 Å². The standard InChI is InChI=1S/C13H18O5S/c1-11(13(14)17-2)9-19(15,16)10-18-8-12-6-4-3-5-7-12/h3-7,11H,8-10H2,1-2H3. The lowest BCUT2D eigenvalue weighted by atomic mass is 10.2. The van der Waals surface area contributed by atoms with Gasteiger partial charge >= 0.3 is 5.97 Å². The van der Waals surface area contributed by atoms with Gasteiger partial charge in [-0.2, -0.15) is 0 Å². The minimum absolute atomic E-state index is 0.229. The van der Waals surface area contributed by atoms with Gasteiger partial charge in [0.25, 0.3) is 0 Å². The summed E-state index contributed by atoms with van der Waals surface area (Å²) in [7, 11) is -2.20. The zero-order valence-electron chi connectivity index (χ0n) is 11.0. The number of methoxy groups -OCH3 is 1. The van der Waals surface area contributed by atoms with Crippen molar-refractivity contribution >= 4 is 15.8 Å². The van der Waals surface area contributed by atoms with Crippen molar-refractivity contribution in [1.29, 1.82) is 0 Å². The molecule has 1 atom stereocenters. The fourth-order valence-corrected chi connectivity index (χ4v) is 2.89. The highest BCUT2D eigenvalue weighted by Crippen LogP contribution is 2.06. The van der Waals surface area contributed by atoms with Gasteiger partial charge in [0.05, 0.1) is 25.4 Å². The highest BCUT2D eigenvalue weighted by molar-refractivity contribution is 7.91. The SMILES string of the molecule is COC(=O)C(C)CS(=O)(=O)COCc1ccccc1. The van der Waals surface area contributed by atoms with Crippen LogP contribution in [0, 0.1) is 5.92 Å². The minimum Gasteiger partial charge on any atom is -0.469 e. The lowest BCUT2D eigenvalue weighted by Gasteiger charge is -2.10. The number of carbonyl (C=O) groups excluding carboxylic acids is 1. The van der Waals surface area contributed by atoms with Gasteiger partial charge in [-0.25, -0.2) is 8.42 Å². The molecule has 0 heterocycles. The second-order valence-electron chi connectivity index (χ2n) is 4.29. The number of sulfone groups is 1. The average Bonchev–Trinajstić information content (AvgIpc) is 2.38. The molecule has 1 aromatic carbocycles. The number of benzene rings is 1. The van der Waals surface area contributed by atoms with Crippen molar-refractivity contribution < 1.29 is 22.7 Å². The van der Waals surface area contributed by atoms with Crippen LogP contribution in [0.3, 0.4) is 0 Å². The second kappa shape index (κ2) is 7.25. The average molecular weight is 286 g/mol. The molecule has 106 valence electrons. The van der Waals surface area contributed by atoms with Crippen LogP contribution in [0.2, 0.25) is 0 Å². The van der Waals surface area contributed by atoms with Crippen molar-refractivity contribution in [3.63, 3.8) is 0 Å². The predicted molar refractivity (Wildman–Crippen MR) is 71.1 cm³/mol. The van der Waals surface area contributed by atoms with Crippen LogP contribution in [0.4, 0.5) is 0 Å². The molecule has 0 fully saturated rings. The highest BCUT2D eigenvalue weighted by atomic mass is 32.2. The summed E-state index contributed by atoms with van der Waals surface area (Å²) in [6.07, 6.45) is 0. The van der Waals surface area contributed by atoms with Crippen molar-refractivity contribution in [2.75, 3.05) is 18.8 Å². The normalized spacial score (nSPS) is 12.9. The lowest BCUT2D eigenvalue weighted by molar-refractivity contribution is -0.144. The molecule has 0 aromatic heterocycles. The van der Waals surface area contributed by atoms with E-state index in [4.69, 9.17) is 4.74 Å². The summed E-state index contributed by atoms with van der Waals surface area (Å²) in [4.78, 5) is 11.2. The van der Waals surface area contributed by atoms with E-state index in [1.54, 1.807) is 0 Å². The first-order chi connectivity index (χ1) is 8.94. The maximum absolute atomic E-state index is 11.7. The van der Waals surface area contributed by atoms with Crippen LogP contribution in [-0.4, -0.2) is 33.2 Å². The van der Waals surface area contributed by atoms with Gasteiger partial charge in [0, 0.05) is 0 Å². The Kier molecular flexibility index (Phi) is 5.98. The molecule has 0 bridgehead atoms. The molecule has 5 nitrogen and oxygen atoms in total. The van der Waals surface area contributed by atoms with E-state index < -0.39 is 27.7 Å². The number of esters is 1. The third kappa shape index (κ3) is 5.85. The Morgan fingerprint density at radius 2 is 1.89 bits per heavy atom. The van der Waals surface area contributed by atoms with Gasteiger partial charge in [-0.1, -0.05) is 37.3 Å². The van der Waals surface area contributed by atoms with E-state index in [-0.39, 0.29) is 12.4 Å². The quantitative estimate of drug-likeness (QED) is 0.708. The molecule has 1 unspecified atom stereocenters. The third-order valence-corrected chi connectivity index (χ3v) is 4.02. The van der Waals surface area contributed by atoms with Crippen molar-refractivity contribution in [3.8, 4) is 0 Å². The van der Waals surface area contributed by atoms with Gasteiger partial charge in [0.2, 0.25) is 0 Å². The van der Waals surface area contributed by atoms with E-state index in [1.165, 1.54) is 14.0 Å². The van der Waals surface area contributed by atoms with Crippen molar-refractivity contribution in [2.24, 2.45) is 5.92 Å². The summed E-state index contributed by atoms with van der Waals surface area (Å²) in [6.45, 7) is 1.74. The Labute approximate surface area is 113 Å². The highest BCUT2D eigenvalue weighted by Gasteiger charge is 2.22. The summed E-state index contributed by atoms with van der Waals surface area (Å²) < 4.78 is 33.1. The summed E-state index contributed by atoms with van der Waals surface area (Å²) in [5, 5.41) is 0. The Morgan fingerprint density at radius 3 is 2.47 bits per heavy atom. The Balaban J connectivity index is 2.41. The molecule has 0 saturated heterocycles. The van der Waals surface area contributed by atoms with Gasteiger partial charge in [-0.3, -0.25) is 4.79 Å². The van der Waals surface area contributed by atoms with Gasteiger partial charge in [0.1, 0.15) is 5.94 Å². The summed E-state index contributed by atoms with van der Waals surface area (Å²) >= 11 is 0.